The minimum absolute atomic E-state index is 0.156. The van der Waals surface area contributed by atoms with Crippen molar-refractivity contribution in [3.8, 4) is 0 Å². The maximum Gasteiger partial charge on any atom is 0.426 e. The van der Waals surface area contributed by atoms with Gasteiger partial charge in [0, 0.05) is 0 Å². The van der Waals surface area contributed by atoms with E-state index in [1.807, 2.05) is 0 Å². The van der Waals surface area contributed by atoms with Crippen molar-refractivity contribution in [1.82, 2.24) is 0 Å². The Labute approximate surface area is 149 Å². The van der Waals surface area contributed by atoms with Crippen LogP contribution in [0.3, 0.4) is 0 Å². The molecule has 1 atom stereocenters. The second-order valence-electron chi connectivity index (χ2n) is 6.57. The molecule has 0 aliphatic heterocycles. The first kappa shape index (κ1) is 23.8. The lowest BCUT2D eigenvalue weighted by atomic mass is 9.96. The molecule has 0 saturated carbocycles. The molecule has 0 aliphatic rings. The van der Waals surface area contributed by atoms with E-state index < -0.39 is 10.4 Å². The van der Waals surface area contributed by atoms with Gasteiger partial charge in [0.15, 0.2) is 0 Å². The monoisotopic (exact) mass is 366 g/mol. The van der Waals surface area contributed by atoms with Crippen LogP contribution >= 0.6 is 0 Å². The Hall–Kier alpha value is -0.170. The van der Waals surface area contributed by atoms with E-state index in [0.29, 0.717) is 0 Å². The van der Waals surface area contributed by atoms with Gasteiger partial charge in [-0.2, -0.15) is 8.42 Å². The molecule has 0 heterocycles. The molecule has 0 aromatic rings. The maximum atomic E-state index is 11.2. The van der Waals surface area contributed by atoms with E-state index in [0.717, 1.165) is 25.2 Å². The molecule has 0 rings (SSSR count). The zero-order valence-corrected chi connectivity index (χ0v) is 16.7. The van der Waals surface area contributed by atoms with E-state index in [9.17, 15) is 8.42 Å². The van der Waals surface area contributed by atoms with Gasteiger partial charge < -0.3 is 0 Å². The molecule has 0 N–H and O–H groups in total. The van der Waals surface area contributed by atoms with Gasteiger partial charge in [-0.25, -0.2) is 9.07 Å². The van der Waals surface area contributed by atoms with Crippen LogP contribution in [0.25, 0.3) is 0 Å². The molecule has 5 nitrogen and oxygen atoms in total. The Morgan fingerprint density at radius 3 is 1.92 bits per heavy atom. The van der Waals surface area contributed by atoms with Crippen molar-refractivity contribution in [2.45, 2.75) is 97.8 Å². The van der Waals surface area contributed by atoms with Crippen molar-refractivity contribution in [1.29, 1.82) is 0 Å². The fourth-order valence-corrected chi connectivity index (χ4v) is 3.23. The summed E-state index contributed by atoms with van der Waals surface area (Å²) in [5.41, 5.74) is 0. The summed E-state index contributed by atoms with van der Waals surface area (Å²) >= 11 is 0. The van der Waals surface area contributed by atoms with E-state index in [1.54, 1.807) is 6.92 Å². The van der Waals surface area contributed by atoms with Crippen molar-refractivity contribution >= 4 is 10.4 Å². The van der Waals surface area contributed by atoms with E-state index >= 15 is 0 Å². The molecule has 0 aromatic carbocycles. The molecule has 0 bridgehead atoms. The summed E-state index contributed by atoms with van der Waals surface area (Å²) < 4.78 is 31.2. The number of hydrogen-bond acceptors (Lipinski definition) is 5. The highest BCUT2D eigenvalue weighted by Gasteiger charge is 2.12. The quantitative estimate of drug-likeness (QED) is 0.181. The van der Waals surface area contributed by atoms with Crippen LogP contribution < -0.4 is 0 Å². The molecule has 0 aliphatic carbocycles. The van der Waals surface area contributed by atoms with Crippen molar-refractivity contribution in [3.05, 3.63) is 0 Å². The molecular formula is C18H38O5S. The highest BCUT2D eigenvalue weighted by atomic mass is 32.3. The average molecular weight is 367 g/mol. The molecule has 0 amide bonds. The minimum Gasteiger partial charge on any atom is -0.246 e. The summed E-state index contributed by atoms with van der Waals surface area (Å²) in [4.78, 5) is 4.36. The Morgan fingerprint density at radius 1 is 0.792 bits per heavy atom. The average Bonchev–Trinajstić information content (AvgIpc) is 2.55. The normalized spacial score (nSPS) is 13.3. The molecule has 0 saturated heterocycles. The molecule has 1 unspecified atom stereocenters. The molecule has 146 valence electrons. The summed E-state index contributed by atoms with van der Waals surface area (Å²) in [6.07, 6.45) is 14.8. The Balaban J connectivity index is 3.35. The molecule has 0 aromatic heterocycles. The first-order valence-corrected chi connectivity index (χ1v) is 11.1. The topological polar surface area (TPSA) is 61.8 Å². The molecule has 0 radical (unpaired) electrons. The Kier molecular flexibility index (Phi) is 16.2. The minimum atomic E-state index is -3.99. The zero-order valence-electron chi connectivity index (χ0n) is 15.9. The zero-order chi connectivity index (χ0) is 18.1. The summed E-state index contributed by atoms with van der Waals surface area (Å²) in [5, 5.41) is 0. The Morgan fingerprint density at radius 2 is 1.33 bits per heavy atom. The van der Waals surface area contributed by atoms with Gasteiger partial charge >= 0.3 is 10.4 Å². The van der Waals surface area contributed by atoms with Crippen LogP contribution in [0.15, 0.2) is 0 Å². The molecule has 24 heavy (non-hydrogen) atoms. The van der Waals surface area contributed by atoms with E-state index in [1.165, 1.54) is 57.8 Å². The van der Waals surface area contributed by atoms with Crippen molar-refractivity contribution < 1.29 is 21.8 Å². The van der Waals surface area contributed by atoms with Gasteiger partial charge in [0.1, 0.15) is 0 Å². The predicted molar refractivity (Wildman–Crippen MR) is 97.8 cm³/mol. The van der Waals surface area contributed by atoms with Crippen molar-refractivity contribution in [3.63, 3.8) is 0 Å². The summed E-state index contributed by atoms with van der Waals surface area (Å²) in [7, 11) is -3.99. The van der Waals surface area contributed by atoms with Crippen LogP contribution in [-0.2, 0) is 23.8 Å². The lowest BCUT2D eigenvalue weighted by Crippen LogP contribution is -2.11. The van der Waals surface area contributed by atoms with Crippen LogP contribution in [0.5, 0.6) is 0 Å². The molecule has 6 heteroatoms. The fourth-order valence-electron chi connectivity index (χ4n) is 2.65. The number of rotatable bonds is 18. The van der Waals surface area contributed by atoms with E-state index in [2.05, 4.69) is 27.3 Å². The third-order valence-corrected chi connectivity index (χ3v) is 4.84. The van der Waals surface area contributed by atoms with Gasteiger partial charge in [0.05, 0.1) is 13.2 Å². The van der Waals surface area contributed by atoms with Gasteiger partial charge in [0.25, 0.3) is 0 Å². The van der Waals surface area contributed by atoms with Gasteiger partial charge in [-0.3, -0.25) is 0 Å². The smallest absolute Gasteiger partial charge is 0.246 e. The van der Waals surface area contributed by atoms with Gasteiger partial charge in [-0.1, -0.05) is 88.8 Å². The predicted octanol–water partition coefficient (Wildman–Crippen LogP) is 5.55. The van der Waals surface area contributed by atoms with E-state index in [-0.39, 0.29) is 13.2 Å². The third-order valence-electron chi connectivity index (χ3n) is 4.12. The fraction of sp³-hybridized carbons (Fsp3) is 1.00. The summed E-state index contributed by atoms with van der Waals surface area (Å²) in [6.45, 7) is 6.57. The van der Waals surface area contributed by atoms with Crippen LogP contribution in [0, 0.1) is 5.92 Å². The van der Waals surface area contributed by atoms with E-state index in [4.69, 9.17) is 0 Å². The van der Waals surface area contributed by atoms with Crippen LogP contribution in [-0.4, -0.2) is 21.6 Å². The molecule has 0 spiro atoms. The standard InChI is InChI=1S/C18H38O5S/c1-4-6-7-9-12-15-18(3)16-13-10-8-11-14-17-22-24(19,20)23-21-5-2/h18H,4-17H2,1-3H3. The van der Waals surface area contributed by atoms with Crippen LogP contribution in [0.2, 0.25) is 0 Å². The van der Waals surface area contributed by atoms with Gasteiger partial charge in [-0.05, 0) is 19.3 Å². The molecule has 0 fully saturated rings. The summed E-state index contributed by atoms with van der Waals surface area (Å²) in [5.74, 6) is 0.829. The second-order valence-corrected chi connectivity index (χ2v) is 7.76. The van der Waals surface area contributed by atoms with Crippen LogP contribution in [0.1, 0.15) is 97.8 Å². The van der Waals surface area contributed by atoms with Crippen molar-refractivity contribution in [2.75, 3.05) is 13.2 Å². The maximum absolute atomic E-state index is 11.2. The van der Waals surface area contributed by atoms with Crippen LogP contribution in [0.4, 0.5) is 0 Å². The first-order valence-electron chi connectivity index (χ1n) is 9.72. The molecular weight excluding hydrogens is 328 g/mol. The van der Waals surface area contributed by atoms with Gasteiger partial charge in [0.2, 0.25) is 0 Å². The largest absolute Gasteiger partial charge is 0.426 e. The number of hydrogen-bond donors (Lipinski definition) is 0. The summed E-state index contributed by atoms with van der Waals surface area (Å²) in [6, 6.07) is 0. The number of unbranched alkanes of at least 4 members (excludes halogenated alkanes) is 8. The highest BCUT2D eigenvalue weighted by Crippen LogP contribution is 2.18. The SMILES string of the molecule is CCCCCCCC(C)CCCCCCCOS(=O)(=O)OOCC. The Bertz CT molecular complexity index is 356. The second kappa shape index (κ2) is 16.3. The lowest BCUT2D eigenvalue weighted by molar-refractivity contribution is -0.205. The van der Waals surface area contributed by atoms with Gasteiger partial charge in [-0.15, -0.1) is 0 Å². The van der Waals surface area contributed by atoms with Crippen molar-refractivity contribution in [2.24, 2.45) is 5.92 Å². The third kappa shape index (κ3) is 16.7. The first-order chi connectivity index (χ1) is 11.5. The highest BCUT2D eigenvalue weighted by molar-refractivity contribution is 7.81. The lowest BCUT2D eigenvalue weighted by Gasteiger charge is -2.11.